The van der Waals surface area contributed by atoms with Crippen LogP contribution in [0.3, 0.4) is 0 Å². The van der Waals surface area contributed by atoms with Crippen LogP contribution in [-0.4, -0.2) is 51.8 Å². The van der Waals surface area contributed by atoms with Crippen molar-refractivity contribution in [1.82, 2.24) is 4.90 Å². The van der Waals surface area contributed by atoms with Crippen molar-refractivity contribution in [2.75, 3.05) is 37.7 Å². The Bertz CT molecular complexity index is 1010. The molecule has 2 aromatic rings. The highest BCUT2D eigenvalue weighted by molar-refractivity contribution is 8.21. The van der Waals surface area contributed by atoms with Crippen LogP contribution < -0.4 is 9.47 Å². The molecule has 1 atom stereocenters. The molecule has 33 heavy (non-hydrogen) atoms. The molecule has 0 radical (unpaired) electrons. The van der Waals surface area contributed by atoms with Crippen molar-refractivity contribution in [3.8, 4) is 17.2 Å². The number of hydrogen-bond donors (Lipinski definition) is 1. The van der Waals surface area contributed by atoms with E-state index in [2.05, 4.69) is 66.5 Å². The maximum atomic E-state index is 10.1. The van der Waals surface area contributed by atoms with Crippen LogP contribution in [0.4, 0.5) is 0 Å². The van der Waals surface area contributed by atoms with Crippen molar-refractivity contribution in [2.24, 2.45) is 0 Å². The summed E-state index contributed by atoms with van der Waals surface area (Å²) in [5, 5.41) is 10.1. The Morgan fingerprint density at radius 3 is 2.58 bits per heavy atom. The molecule has 0 bridgehead atoms. The number of hydrogen-bond acceptors (Lipinski definition) is 6. The lowest BCUT2D eigenvalue weighted by Crippen LogP contribution is -2.29. The van der Waals surface area contributed by atoms with Crippen molar-refractivity contribution in [3.63, 3.8) is 0 Å². The van der Waals surface area contributed by atoms with Gasteiger partial charge in [0.15, 0.2) is 0 Å². The number of fused-ring (bicyclic) bond motifs is 2. The molecule has 1 N–H and O–H groups in total. The Kier molecular flexibility index (Phi) is 6.86. The predicted molar refractivity (Wildman–Crippen MR) is 140 cm³/mol. The zero-order valence-electron chi connectivity index (χ0n) is 19.5. The van der Waals surface area contributed by atoms with Gasteiger partial charge in [-0.25, -0.2) is 0 Å². The largest absolute Gasteiger partial charge is 0.508 e. The van der Waals surface area contributed by atoms with E-state index in [-0.39, 0.29) is 11.9 Å². The van der Waals surface area contributed by atoms with Crippen LogP contribution in [0.15, 0.2) is 48.0 Å². The van der Waals surface area contributed by atoms with Gasteiger partial charge < -0.3 is 19.5 Å². The van der Waals surface area contributed by atoms with Gasteiger partial charge in [0.05, 0.1) is 4.08 Å². The van der Waals surface area contributed by atoms with E-state index in [1.54, 1.807) is 12.1 Å². The first-order valence-corrected chi connectivity index (χ1v) is 14.0. The topological polar surface area (TPSA) is 41.9 Å². The van der Waals surface area contributed by atoms with E-state index in [9.17, 15) is 5.11 Å². The lowest BCUT2D eigenvalue weighted by atomic mass is 9.80. The Morgan fingerprint density at radius 2 is 1.85 bits per heavy atom. The molecule has 3 aliphatic rings. The van der Waals surface area contributed by atoms with Crippen molar-refractivity contribution >= 4 is 29.1 Å². The van der Waals surface area contributed by atoms with Crippen LogP contribution in [0.2, 0.25) is 0 Å². The highest BCUT2D eigenvalue weighted by Gasteiger charge is 2.44. The Hall–Kier alpha value is -1.76. The third kappa shape index (κ3) is 4.75. The molecule has 1 saturated heterocycles. The summed E-state index contributed by atoms with van der Waals surface area (Å²) in [6.07, 6.45) is 3.22. The Labute approximate surface area is 205 Å². The number of ether oxygens (including phenoxy) is 2. The fraction of sp³-hybridized carbons (Fsp3) is 0.481. The molecule has 2 aliphatic heterocycles. The van der Waals surface area contributed by atoms with E-state index >= 15 is 0 Å². The van der Waals surface area contributed by atoms with Crippen molar-refractivity contribution in [1.29, 1.82) is 0 Å². The molecule has 176 valence electrons. The molecule has 1 aliphatic carbocycles. The predicted octanol–water partition coefficient (Wildman–Crippen LogP) is 6.36. The van der Waals surface area contributed by atoms with E-state index in [0.717, 1.165) is 55.1 Å². The van der Waals surface area contributed by atoms with Gasteiger partial charge in [-0.3, -0.25) is 0 Å². The average molecular weight is 484 g/mol. The number of likely N-dealkylation sites (N-methyl/N-ethyl adjacent to an activating group) is 1. The smallest absolute Gasteiger partial charge is 0.146 e. The van der Waals surface area contributed by atoms with Crippen LogP contribution in [0.25, 0.3) is 5.57 Å². The van der Waals surface area contributed by atoms with E-state index in [0.29, 0.717) is 10.7 Å². The van der Waals surface area contributed by atoms with Crippen LogP contribution in [0.1, 0.15) is 50.3 Å². The molecule has 1 fully saturated rings. The first-order valence-electron chi connectivity index (χ1n) is 12.1. The minimum Gasteiger partial charge on any atom is -0.508 e. The summed E-state index contributed by atoms with van der Waals surface area (Å²) in [7, 11) is 0. The second-order valence-corrected chi connectivity index (χ2v) is 12.1. The summed E-state index contributed by atoms with van der Waals surface area (Å²) in [5.41, 5.74) is 5.13. The van der Waals surface area contributed by atoms with Gasteiger partial charge in [0.25, 0.3) is 0 Å². The number of allylic oxidation sites excluding steroid dienone is 1. The standard InChI is InChI=1S/C27H33NO3S2/c1-3-28(4-2)13-14-30-21-8-5-19(6-9-21)26-24-18-27(32-15-16-33-27)12-11-22(24)23-10-7-20(29)17-25(23)31-26/h5-10,17,26,29H,3-4,11-16,18H2,1-2H3. The second-order valence-electron chi connectivity index (χ2n) is 8.91. The number of phenolic OH excluding ortho intramolecular Hbond substituents is 1. The third-order valence-corrected chi connectivity index (χ3v) is 10.6. The van der Waals surface area contributed by atoms with E-state index in [1.165, 1.54) is 29.1 Å². The van der Waals surface area contributed by atoms with Gasteiger partial charge in [-0.05, 0) is 73.3 Å². The molecule has 1 spiro atoms. The van der Waals surface area contributed by atoms with Crippen molar-refractivity contribution in [2.45, 2.75) is 43.3 Å². The number of benzene rings is 2. The fourth-order valence-corrected chi connectivity index (χ4v) is 8.41. The maximum Gasteiger partial charge on any atom is 0.146 e. The summed E-state index contributed by atoms with van der Waals surface area (Å²) in [5.74, 6) is 4.42. The van der Waals surface area contributed by atoms with Crippen LogP contribution in [0, 0.1) is 0 Å². The first-order chi connectivity index (χ1) is 16.1. The molecule has 2 heterocycles. The maximum absolute atomic E-state index is 10.1. The fourth-order valence-electron chi connectivity index (χ4n) is 5.16. The number of thioether (sulfide) groups is 2. The minimum absolute atomic E-state index is 0.113. The van der Waals surface area contributed by atoms with Gasteiger partial charge >= 0.3 is 0 Å². The number of rotatable bonds is 7. The lowest BCUT2D eigenvalue weighted by molar-refractivity contribution is 0.221. The SMILES string of the molecule is CCN(CC)CCOc1ccc(C2Oc3cc(O)ccc3C3=C2CC2(CC3)SCCS2)cc1. The molecule has 1 unspecified atom stereocenters. The third-order valence-electron chi connectivity index (χ3n) is 7.02. The molecule has 6 heteroatoms. The molecule has 4 nitrogen and oxygen atoms in total. The second kappa shape index (κ2) is 9.85. The minimum atomic E-state index is -0.113. The Balaban J connectivity index is 1.39. The normalized spacial score (nSPS) is 21.1. The van der Waals surface area contributed by atoms with Crippen molar-refractivity contribution in [3.05, 3.63) is 59.2 Å². The monoisotopic (exact) mass is 483 g/mol. The van der Waals surface area contributed by atoms with Gasteiger partial charge in [0.2, 0.25) is 0 Å². The zero-order valence-corrected chi connectivity index (χ0v) is 21.1. The van der Waals surface area contributed by atoms with Crippen LogP contribution in [0.5, 0.6) is 17.2 Å². The number of phenols is 1. The van der Waals surface area contributed by atoms with E-state index in [1.807, 2.05) is 6.07 Å². The summed E-state index contributed by atoms with van der Waals surface area (Å²) in [6, 6.07) is 14.0. The number of aromatic hydroxyl groups is 1. The van der Waals surface area contributed by atoms with Gasteiger partial charge in [-0.15, -0.1) is 23.5 Å². The molecule has 0 saturated carbocycles. The van der Waals surface area contributed by atoms with E-state index < -0.39 is 0 Å². The molecule has 0 amide bonds. The lowest BCUT2D eigenvalue weighted by Gasteiger charge is -2.41. The zero-order chi connectivity index (χ0) is 22.8. The quantitative estimate of drug-likeness (QED) is 0.494. The molecule has 0 aromatic heterocycles. The van der Waals surface area contributed by atoms with Gasteiger partial charge in [0.1, 0.15) is 30.0 Å². The molecular formula is C27H33NO3S2. The van der Waals surface area contributed by atoms with Gasteiger partial charge in [-0.2, -0.15) is 0 Å². The Morgan fingerprint density at radius 1 is 1.09 bits per heavy atom. The van der Waals surface area contributed by atoms with Gasteiger partial charge in [-0.1, -0.05) is 26.0 Å². The van der Waals surface area contributed by atoms with Crippen LogP contribution >= 0.6 is 23.5 Å². The first kappa shape index (κ1) is 23.0. The number of nitrogens with zero attached hydrogens (tertiary/aromatic N) is 1. The average Bonchev–Trinajstić information content (AvgIpc) is 3.29. The highest BCUT2D eigenvalue weighted by atomic mass is 32.2. The van der Waals surface area contributed by atoms with Crippen molar-refractivity contribution < 1.29 is 14.6 Å². The van der Waals surface area contributed by atoms with Crippen LogP contribution in [-0.2, 0) is 0 Å². The summed E-state index contributed by atoms with van der Waals surface area (Å²) < 4.78 is 12.9. The summed E-state index contributed by atoms with van der Waals surface area (Å²) in [6.45, 7) is 8.09. The molecule has 5 rings (SSSR count). The molecule has 2 aromatic carbocycles. The molecular weight excluding hydrogens is 450 g/mol. The summed E-state index contributed by atoms with van der Waals surface area (Å²) in [4.78, 5) is 2.36. The van der Waals surface area contributed by atoms with Gasteiger partial charge in [0, 0.05) is 29.7 Å². The van der Waals surface area contributed by atoms with E-state index in [4.69, 9.17) is 9.47 Å². The highest BCUT2D eigenvalue weighted by Crippen LogP contribution is 2.59. The summed E-state index contributed by atoms with van der Waals surface area (Å²) >= 11 is 4.26.